The van der Waals surface area contributed by atoms with Crippen LogP contribution in [-0.2, 0) is 17.6 Å². The Balaban J connectivity index is 1.84. The van der Waals surface area contributed by atoms with E-state index in [0.29, 0.717) is 31.3 Å². The van der Waals surface area contributed by atoms with Gasteiger partial charge in [-0.1, -0.05) is 60.7 Å². The number of hydrogen-bond donors (Lipinski definition) is 2. The van der Waals surface area contributed by atoms with E-state index < -0.39 is 18.0 Å². The molecule has 0 aliphatic heterocycles. The largest absolute Gasteiger partial charge is 0.493 e. The molecule has 0 fully saturated rings. The molecule has 0 saturated heterocycles. The predicted octanol–water partition coefficient (Wildman–Crippen LogP) is 6.58. The van der Waals surface area contributed by atoms with Gasteiger partial charge in [-0.15, -0.1) is 0 Å². The molecule has 3 rings (SSSR count). The number of nitrogens with zero attached hydrogens (tertiary/aromatic N) is 1. The highest BCUT2D eigenvalue weighted by atomic mass is 16.5. The number of unbranched alkanes of at least 4 members (excludes halogenated alkanes) is 1. The number of ether oxygens (including phenoxy) is 2. The Morgan fingerprint density at radius 3 is 1.95 bits per heavy atom. The van der Waals surface area contributed by atoms with E-state index >= 15 is 0 Å². The van der Waals surface area contributed by atoms with E-state index in [1.54, 1.807) is 4.90 Å². The first-order chi connectivity index (χ1) is 19.3. The summed E-state index contributed by atoms with van der Waals surface area (Å²) in [7, 11) is 0. The summed E-state index contributed by atoms with van der Waals surface area (Å²) in [6.45, 7) is 9.27. The lowest BCUT2D eigenvalue weighted by Crippen LogP contribution is -2.49. The number of hydrogen-bond acceptors (Lipinski definition) is 4. The topological polar surface area (TPSA) is 88.1 Å². The van der Waals surface area contributed by atoms with Crippen LogP contribution in [0, 0.1) is 6.92 Å². The van der Waals surface area contributed by atoms with Gasteiger partial charge in [0, 0.05) is 18.5 Å². The van der Waals surface area contributed by atoms with Crippen LogP contribution < -0.4 is 14.8 Å². The zero-order chi connectivity index (χ0) is 28.9. The van der Waals surface area contributed by atoms with Crippen molar-refractivity contribution in [1.29, 1.82) is 0 Å². The lowest BCUT2D eigenvalue weighted by Gasteiger charge is -2.32. The summed E-state index contributed by atoms with van der Waals surface area (Å²) in [6, 6.07) is 21.7. The van der Waals surface area contributed by atoms with Gasteiger partial charge in [-0.05, 0) is 75.8 Å². The molecule has 0 heterocycles. The van der Waals surface area contributed by atoms with Crippen LogP contribution in [0.1, 0.15) is 61.9 Å². The molecule has 0 radical (unpaired) electrons. The third kappa shape index (κ3) is 8.76. The summed E-state index contributed by atoms with van der Waals surface area (Å²) < 4.78 is 11.8. The maximum absolute atomic E-state index is 13.7. The van der Waals surface area contributed by atoms with Crippen molar-refractivity contribution in [2.24, 2.45) is 0 Å². The third-order valence-corrected chi connectivity index (χ3v) is 6.98. The maximum Gasteiger partial charge on any atom is 0.326 e. The van der Waals surface area contributed by atoms with E-state index in [2.05, 4.69) is 17.4 Å². The number of benzene rings is 3. The van der Waals surface area contributed by atoms with Crippen LogP contribution in [0.2, 0.25) is 0 Å². The van der Waals surface area contributed by atoms with E-state index in [4.69, 9.17) is 9.47 Å². The molecule has 3 aromatic rings. The monoisotopic (exact) mass is 546 g/mol. The van der Waals surface area contributed by atoms with Gasteiger partial charge in [-0.25, -0.2) is 9.59 Å². The van der Waals surface area contributed by atoms with E-state index in [1.165, 1.54) is 5.56 Å². The van der Waals surface area contributed by atoms with Crippen molar-refractivity contribution in [2.45, 2.75) is 65.5 Å². The number of urea groups is 1. The summed E-state index contributed by atoms with van der Waals surface area (Å²) >= 11 is 0. The zero-order valence-electron chi connectivity index (χ0n) is 24.1. The Morgan fingerprint density at radius 2 is 1.43 bits per heavy atom. The number of rotatable bonds is 15. The minimum absolute atomic E-state index is 0.200. The van der Waals surface area contributed by atoms with Crippen molar-refractivity contribution in [3.05, 3.63) is 95.1 Å². The molecule has 2 unspecified atom stereocenters. The molecule has 0 aliphatic carbocycles. The van der Waals surface area contributed by atoms with Gasteiger partial charge in [0.1, 0.15) is 17.5 Å². The Kier molecular flexibility index (Phi) is 11.9. The number of carbonyl (C=O) groups excluding carboxylic acids is 1. The molecule has 40 heavy (non-hydrogen) atoms. The Morgan fingerprint density at radius 1 is 0.875 bits per heavy atom. The lowest BCUT2D eigenvalue weighted by atomic mass is 10.0. The highest BCUT2D eigenvalue weighted by Crippen LogP contribution is 2.34. The zero-order valence-corrected chi connectivity index (χ0v) is 24.1. The van der Waals surface area contributed by atoms with E-state index in [0.717, 1.165) is 36.0 Å². The molecule has 3 aromatic carbocycles. The highest BCUT2D eigenvalue weighted by molar-refractivity contribution is 5.83. The lowest BCUT2D eigenvalue weighted by molar-refractivity contribution is -0.139. The Bertz CT molecular complexity index is 1190. The minimum Gasteiger partial charge on any atom is -0.493 e. The van der Waals surface area contributed by atoms with Crippen LogP contribution in [0.25, 0.3) is 0 Å². The van der Waals surface area contributed by atoms with Crippen LogP contribution in [0.5, 0.6) is 11.5 Å². The average Bonchev–Trinajstić information content (AvgIpc) is 2.95. The molecule has 7 nitrogen and oxygen atoms in total. The van der Waals surface area contributed by atoms with E-state index in [1.807, 2.05) is 88.4 Å². The minimum atomic E-state index is -1.07. The first-order valence-corrected chi connectivity index (χ1v) is 14.1. The van der Waals surface area contributed by atoms with Crippen LogP contribution in [-0.4, -0.2) is 47.8 Å². The van der Waals surface area contributed by atoms with Gasteiger partial charge in [0.2, 0.25) is 0 Å². The summed E-state index contributed by atoms with van der Waals surface area (Å²) in [4.78, 5) is 27.6. The van der Waals surface area contributed by atoms with Crippen molar-refractivity contribution in [1.82, 2.24) is 10.2 Å². The second-order valence-corrected chi connectivity index (χ2v) is 9.85. The van der Waals surface area contributed by atoms with Gasteiger partial charge in [-0.2, -0.15) is 0 Å². The predicted molar refractivity (Wildman–Crippen MR) is 158 cm³/mol. The molecule has 0 aliphatic rings. The van der Waals surface area contributed by atoms with Gasteiger partial charge in [0.05, 0.1) is 19.3 Å². The Labute approximate surface area is 238 Å². The van der Waals surface area contributed by atoms with Crippen molar-refractivity contribution in [3.8, 4) is 11.5 Å². The molecular weight excluding hydrogens is 504 g/mol. The fraction of sp³-hybridized carbons (Fsp3) is 0.394. The average molecular weight is 547 g/mol. The second kappa shape index (κ2) is 15.6. The smallest absolute Gasteiger partial charge is 0.326 e. The van der Waals surface area contributed by atoms with Crippen LogP contribution in [0.15, 0.2) is 72.8 Å². The van der Waals surface area contributed by atoms with Crippen molar-refractivity contribution in [3.63, 3.8) is 0 Å². The maximum atomic E-state index is 13.7. The number of aryl methyl sites for hydroxylation is 1. The van der Waals surface area contributed by atoms with Crippen molar-refractivity contribution < 1.29 is 24.2 Å². The van der Waals surface area contributed by atoms with Crippen LogP contribution in [0.3, 0.4) is 0 Å². The molecule has 0 aromatic heterocycles. The summed E-state index contributed by atoms with van der Waals surface area (Å²) in [5.41, 5.74) is 3.87. The number of carboxylic acid groups (broad SMARTS) is 1. The van der Waals surface area contributed by atoms with Gasteiger partial charge < -0.3 is 24.8 Å². The van der Waals surface area contributed by atoms with Gasteiger partial charge >= 0.3 is 12.0 Å². The summed E-state index contributed by atoms with van der Waals surface area (Å²) in [5, 5.41) is 12.7. The van der Waals surface area contributed by atoms with Gasteiger partial charge in [0.15, 0.2) is 0 Å². The van der Waals surface area contributed by atoms with Crippen LogP contribution in [0.4, 0.5) is 4.79 Å². The number of nitrogens with one attached hydrogen (secondary N) is 1. The standard InChI is InChI=1S/C33H42N2O5/c1-5-39-30-22-28(23-31(24(30)3)40-6-2)25(4)35(20-14-13-17-26-15-9-7-10-16-26)33(38)34-29(32(36)37)21-27-18-11-8-12-19-27/h7-12,15-16,18-19,22-23,25,29H,5-6,13-14,17,20-21H2,1-4H3,(H,34,38)(H,36,37). The molecular formula is C33H42N2O5. The Hall–Kier alpha value is -4.00. The molecule has 0 saturated carbocycles. The summed E-state index contributed by atoms with van der Waals surface area (Å²) in [6.07, 6.45) is 2.77. The quantitative estimate of drug-likeness (QED) is 0.210. The number of amides is 2. The normalized spacial score (nSPS) is 12.3. The molecule has 2 amide bonds. The fourth-order valence-corrected chi connectivity index (χ4v) is 4.72. The molecule has 2 atom stereocenters. The number of carboxylic acids is 1. The number of aliphatic carboxylic acids is 1. The molecule has 214 valence electrons. The van der Waals surface area contributed by atoms with Gasteiger partial charge in [0.25, 0.3) is 0 Å². The van der Waals surface area contributed by atoms with Crippen LogP contribution >= 0.6 is 0 Å². The molecule has 0 bridgehead atoms. The summed E-state index contributed by atoms with van der Waals surface area (Å²) in [5.74, 6) is 0.362. The van der Waals surface area contributed by atoms with Crippen molar-refractivity contribution in [2.75, 3.05) is 19.8 Å². The van der Waals surface area contributed by atoms with Gasteiger partial charge in [-0.3, -0.25) is 0 Å². The van der Waals surface area contributed by atoms with Crippen molar-refractivity contribution >= 4 is 12.0 Å². The highest BCUT2D eigenvalue weighted by Gasteiger charge is 2.28. The third-order valence-electron chi connectivity index (χ3n) is 6.98. The molecule has 2 N–H and O–H groups in total. The number of carbonyl (C=O) groups is 2. The fourth-order valence-electron chi connectivity index (χ4n) is 4.72. The van der Waals surface area contributed by atoms with E-state index in [-0.39, 0.29) is 12.5 Å². The SMILES string of the molecule is CCOc1cc(C(C)N(CCCCc2ccccc2)C(=O)NC(Cc2ccccc2)C(=O)O)cc(OCC)c1C. The first-order valence-electron chi connectivity index (χ1n) is 14.1. The molecule has 0 spiro atoms. The first kappa shape index (κ1) is 30.5. The second-order valence-electron chi connectivity index (χ2n) is 9.85. The molecule has 7 heteroatoms. The van der Waals surface area contributed by atoms with E-state index in [9.17, 15) is 14.7 Å².